The van der Waals surface area contributed by atoms with Crippen molar-refractivity contribution in [3.05, 3.63) is 77.5 Å². The van der Waals surface area contributed by atoms with Crippen molar-refractivity contribution < 1.29 is 27.5 Å². The molecular weight excluding hydrogens is 495 g/mol. The van der Waals surface area contributed by atoms with E-state index in [1.54, 1.807) is 31.3 Å². The third-order valence-corrected chi connectivity index (χ3v) is 6.75. The third kappa shape index (κ3) is 6.51. The van der Waals surface area contributed by atoms with Gasteiger partial charge in [0, 0.05) is 25.1 Å². The van der Waals surface area contributed by atoms with Gasteiger partial charge in [0.15, 0.2) is 0 Å². The minimum atomic E-state index is -4.43. The number of esters is 1. The van der Waals surface area contributed by atoms with Crippen LogP contribution in [0.2, 0.25) is 0 Å². The number of nitrogens with zero attached hydrogens (tertiary/aromatic N) is 2. The molecule has 38 heavy (non-hydrogen) atoms. The molecule has 200 valence electrons. The summed E-state index contributed by atoms with van der Waals surface area (Å²) in [5.74, 6) is 0.132. The van der Waals surface area contributed by atoms with E-state index in [9.17, 15) is 22.8 Å². The zero-order chi connectivity index (χ0) is 27.3. The number of nitrogens with one attached hydrogen (secondary N) is 1. The molecule has 3 aromatic rings. The normalized spacial score (nSPS) is 14.3. The molecule has 1 aliphatic rings. The molecule has 4 rings (SSSR count). The summed E-state index contributed by atoms with van der Waals surface area (Å²) >= 11 is 0. The lowest BCUT2D eigenvalue weighted by Gasteiger charge is -2.33. The Hall–Kier alpha value is -3.88. The summed E-state index contributed by atoms with van der Waals surface area (Å²) in [6, 6.07) is 13.6. The summed E-state index contributed by atoms with van der Waals surface area (Å²) < 4.78 is 44.0. The van der Waals surface area contributed by atoms with E-state index < -0.39 is 17.6 Å². The second-order valence-electron chi connectivity index (χ2n) is 9.37. The summed E-state index contributed by atoms with van der Waals surface area (Å²) in [7, 11) is 0. The van der Waals surface area contributed by atoms with Crippen LogP contribution in [0.25, 0.3) is 11.1 Å². The molecular formula is C29H30F3N3O3. The maximum Gasteiger partial charge on any atom is 0.416 e. The first-order valence-electron chi connectivity index (χ1n) is 12.6. The van der Waals surface area contributed by atoms with Gasteiger partial charge in [-0.2, -0.15) is 13.2 Å². The van der Waals surface area contributed by atoms with Gasteiger partial charge in [0.25, 0.3) is 5.91 Å². The number of halogens is 3. The van der Waals surface area contributed by atoms with E-state index in [0.717, 1.165) is 49.3 Å². The first kappa shape index (κ1) is 27.2. The first-order valence-corrected chi connectivity index (χ1v) is 12.6. The molecule has 6 nitrogen and oxygen atoms in total. The fraction of sp³-hybridized carbons (Fsp3) is 0.345. The van der Waals surface area contributed by atoms with Crippen molar-refractivity contribution in [2.24, 2.45) is 5.92 Å². The Morgan fingerprint density at radius 2 is 1.76 bits per heavy atom. The number of piperidine rings is 1. The number of benzene rings is 2. The molecule has 0 saturated carbocycles. The van der Waals surface area contributed by atoms with E-state index in [1.807, 2.05) is 19.1 Å². The highest BCUT2D eigenvalue weighted by atomic mass is 19.4. The summed E-state index contributed by atoms with van der Waals surface area (Å²) in [4.78, 5) is 31.5. The molecule has 9 heteroatoms. The van der Waals surface area contributed by atoms with Crippen molar-refractivity contribution in [1.82, 2.24) is 4.98 Å². The Kier molecular flexibility index (Phi) is 8.34. The smallest absolute Gasteiger partial charge is 0.416 e. The van der Waals surface area contributed by atoms with E-state index in [4.69, 9.17) is 4.74 Å². The summed E-state index contributed by atoms with van der Waals surface area (Å²) in [5, 5.41) is 2.80. The third-order valence-electron chi connectivity index (χ3n) is 6.75. The number of aryl methyl sites for hydroxylation is 1. The molecule has 0 bridgehead atoms. The Labute approximate surface area is 219 Å². The van der Waals surface area contributed by atoms with E-state index in [-0.39, 0.29) is 5.97 Å². The Morgan fingerprint density at radius 1 is 1.05 bits per heavy atom. The summed E-state index contributed by atoms with van der Waals surface area (Å²) in [5.41, 5.74) is 2.40. The lowest BCUT2D eigenvalue weighted by atomic mass is 9.93. The number of hydrogen-bond acceptors (Lipinski definition) is 5. The molecule has 2 heterocycles. The average Bonchev–Trinajstić information content (AvgIpc) is 2.89. The van der Waals surface area contributed by atoms with Crippen LogP contribution < -0.4 is 10.2 Å². The maximum atomic E-state index is 13.2. The molecule has 1 N–H and O–H groups in total. The standard InChI is InChI=1S/C29H30F3N3O3/c1-3-38-26(36)17-20-13-15-35(16-14-20)23-11-12-25(33-18-23)34-28(37)24-6-4-5-19(2)27(24)21-7-9-22(10-8-21)29(30,31)32/h4-12,18,20H,3,13-17H2,1-2H3,(H,33,34,37). The van der Waals surface area contributed by atoms with Gasteiger partial charge in [0.2, 0.25) is 0 Å². The molecule has 1 aromatic heterocycles. The number of pyridine rings is 1. The van der Waals surface area contributed by atoms with Crippen molar-refractivity contribution in [3.63, 3.8) is 0 Å². The monoisotopic (exact) mass is 525 g/mol. The lowest BCUT2D eigenvalue weighted by molar-refractivity contribution is -0.144. The molecule has 1 amide bonds. The largest absolute Gasteiger partial charge is 0.466 e. The Balaban J connectivity index is 1.42. The number of hydrogen-bond donors (Lipinski definition) is 1. The number of anilines is 2. The molecule has 1 fully saturated rings. The minimum absolute atomic E-state index is 0.150. The zero-order valence-electron chi connectivity index (χ0n) is 21.3. The SMILES string of the molecule is CCOC(=O)CC1CCN(c2ccc(NC(=O)c3cccc(C)c3-c3ccc(C(F)(F)F)cc3)nc2)CC1. The number of carbonyl (C=O) groups excluding carboxylic acids is 2. The van der Waals surface area contributed by atoms with Crippen LogP contribution in [0.15, 0.2) is 60.8 Å². The second-order valence-corrected chi connectivity index (χ2v) is 9.37. The van der Waals surface area contributed by atoms with Crippen LogP contribution in [0, 0.1) is 12.8 Å². The number of carbonyl (C=O) groups is 2. The van der Waals surface area contributed by atoms with Gasteiger partial charge in [-0.3, -0.25) is 9.59 Å². The highest BCUT2D eigenvalue weighted by Crippen LogP contribution is 2.33. The molecule has 2 aromatic carbocycles. The van der Waals surface area contributed by atoms with Crippen LogP contribution in [0.5, 0.6) is 0 Å². The molecule has 1 saturated heterocycles. The van der Waals surface area contributed by atoms with Gasteiger partial charge in [-0.05, 0) is 79.6 Å². The van der Waals surface area contributed by atoms with Crippen molar-refractivity contribution in [2.75, 3.05) is 29.9 Å². The Bertz CT molecular complexity index is 1270. The second kappa shape index (κ2) is 11.7. The van der Waals surface area contributed by atoms with E-state index >= 15 is 0 Å². The van der Waals surface area contributed by atoms with Crippen LogP contribution in [-0.2, 0) is 15.7 Å². The van der Waals surface area contributed by atoms with Crippen molar-refractivity contribution >= 4 is 23.4 Å². The highest BCUT2D eigenvalue weighted by molar-refractivity contribution is 6.08. The van der Waals surface area contributed by atoms with Crippen molar-refractivity contribution in [2.45, 2.75) is 39.3 Å². The quantitative estimate of drug-likeness (QED) is 0.357. The first-order chi connectivity index (χ1) is 18.2. The number of amides is 1. The van der Waals surface area contributed by atoms with Gasteiger partial charge < -0.3 is 15.0 Å². The average molecular weight is 526 g/mol. The fourth-order valence-corrected chi connectivity index (χ4v) is 4.75. The highest BCUT2D eigenvalue weighted by Gasteiger charge is 2.30. The predicted octanol–water partition coefficient (Wildman–Crippen LogP) is 6.50. The Morgan fingerprint density at radius 3 is 2.37 bits per heavy atom. The number of rotatable bonds is 7. The minimum Gasteiger partial charge on any atom is -0.466 e. The van der Waals surface area contributed by atoms with Gasteiger partial charge in [-0.15, -0.1) is 0 Å². The van der Waals surface area contributed by atoms with Gasteiger partial charge >= 0.3 is 12.1 Å². The molecule has 0 unspecified atom stereocenters. The van der Waals surface area contributed by atoms with Gasteiger partial charge in [0.05, 0.1) is 24.1 Å². The van der Waals surface area contributed by atoms with Gasteiger partial charge in [-0.25, -0.2) is 4.98 Å². The molecule has 0 radical (unpaired) electrons. The van der Waals surface area contributed by atoms with E-state index in [2.05, 4.69) is 15.2 Å². The van der Waals surface area contributed by atoms with Crippen LogP contribution in [0.1, 0.15) is 47.7 Å². The van der Waals surface area contributed by atoms with Crippen LogP contribution >= 0.6 is 0 Å². The fourth-order valence-electron chi connectivity index (χ4n) is 4.75. The van der Waals surface area contributed by atoms with Gasteiger partial charge in [-0.1, -0.05) is 24.3 Å². The van der Waals surface area contributed by atoms with Crippen molar-refractivity contribution in [3.8, 4) is 11.1 Å². The van der Waals surface area contributed by atoms with Crippen LogP contribution in [0.4, 0.5) is 24.7 Å². The topological polar surface area (TPSA) is 71.5 Å². The van der Waals surface area contributed by atoms with E-state index in [1.165, 1.54) is 12.1 Å². The molecule has 0 aliphatic carbocycles. The van der Waals surface area contributed by atoms with Crippen LogP contribution in [-0.4, -0.2) is 36.6 Å². The van der Waals surface area contributed by atoms with Gasteiger partial charge in [0.1, 0.15) is 5.82 Å². The van der Waals surface area contributed by atoms with E-state index in [0.29, 0.717) is 41.5 Å². The zero-order valence-corrected chi connectivity index (χ0v) is 21.3. The number of ether oxygens (including phenoxy) is 1. The molecule has 0 spiro atoms. The maximum absolute atomic E-state index is 13.2. The number of aromatic nitrogens is 1. The predicted molar refractivity (Wildman–Crippen MR) is 140 cm³/mol. The van der Waals surface area contributed by atoms with Crippen molar-refractivity contribution in [1.29, 1.82) is 0 Å². The number of alkyl halides is 3. The summed E-state index contributed by atoms with van der Waals surface area (Å²) in [6.45, 7) is 5.62. The lowest BCUT2D eigenvalue weighted by Crippen LogP contribution is -2.34. The van der Waals surface area contributed by atoms with Crippen LogP contribution in [0.3, 0.4) is 0 Å². The molecule has 0 atom stereocenters. The molecule has 1 aliphatic heterocycles. The summed E-state index contributed by atoms with van der Waals surface area (Å²) in [6.07, 6.45) is -0.512.